The quantitative estimate of drug-likeness (QED) is 0.913. The van der Waals surface area contributed by atoms with Gasteiger partial charge in [-0.25, -0.2) is 4.39 Å². The minimum atomic E-state index is -0.184. The molecule has 0 amide bonds. The van der Waals surface area contributed by atoms with Crippen LogP contribution in [0.2, 0.25) is 0 Å². The molecular weight excluding hydrogens is 307 g/mol. The van der Waals surface area contributed by atoms with E-state index in [0.717, 1.165) is 28.4 Å². The van der Waals surface area contributed by atoms with Crippen LogP contribution in [0.3, 0.4) is 0 Å². The van der Waals surface area contributed by atoms with E-state index >= 15 is 0 Å². The Balaban J connectivity index is 2.04. The van der Waals surface area contributed by atoms with Crippen LogP contribution in [0.25, 0.3) is 0 Å². The molecule has 2 rings (SSSR count). The summed E-state index contributed by atoms with van der Waals surface area (Å²) in [6.45, 7) is 0. The first-order valence-corrected chi connectivity index (χ1v) is 6.98. The molecule has 0 radical (unpaired) electrons. The van der Waals surface area contributed by atoms with Crippen LogP contribution in [-0.2, 0) is 12.8 Å². The van der Waals surface area contributed by atoms with E-state index in [-0.39, 0.29) is 11.9 Å². The Hall–Kier alpha value is -1.26. The van der Waals surface area contributed by atoms with Gasteiger partial charge in [0.1, 0.15) is 5.82 Å². The molecule has 0 fully saturated rings. The smallest absolute Gasteiger partial charge is 0.123 e. The van der Waals surface area contributed by atoms with Gasteiger partial charge in [0.15, 0.2) is 0 Å². The second kappa shape index (κ2) is 6.78. The lowest BCUT2D eigenvalue weighted by atomic mass is 10.00. The van der Waals surface area contributed by atoms with Gasteiger partial charge in [0.2, 0.25) is 0 Å². The first kappa shape index (κ1) is 14.2. The van der Waals surface area contributed by atoms with Crippen molar-refractivity contribution in [3.63, 3.8) is 0 Å². The monoisotopic (exact) mass is 322 g/mol. The molecule has 1 unspecified atom stereocenters. The van der Waals surface area contributed by atoms with Gasteiger partial charge in [0.25, 0.3) is 0 Å². The Labute approximate surface area is 121 Å². The Kier molecular flexibility index (Phi) is 5.05. The van der Waals surface area contributed by atoms with Crippen molar-refractivity contribution >= 4 is 15.9 Å². The number of hydrogen-bond acceptors (Lipinski definition) is 2. The van der Waals surface area contributed by atoms with Crippen molar-refractivity contribution in [1.29, 1.82) is 0 Å². The molecule has 4 heteroatoms. The standard InChI is InChI=1S/C15H16BrFN2/c1-18-15(7-11-3-2-4-14(17)6-11)8-12-5-13(16)10-19-9-12/h2-6,9-10,15,18H,7-8H2,1H3. The maximum Gasteiger partial charge on any atom is 0.123 e. The Morgan fingerprint density at radius 2 is 2.00 bits per heavy atom. The Morgan fingerprint density at radius 1 is 1.21 bits per heavy atom. The molecule has 0 aliphatic heterocycles. The highest BCUT2D eigenvalue weighted by Gasteiger charge is 2.09. The number of nitrogens with zero attached hydrogens (tertiary/aromatic N) is 1. The van der Waals surface area contributed by atoms with Gasteiger partial charge in [0, 0.05) is 22.9 Å². The van der Waals surface area contributed by atoms with Crippen LogP contribution in [0.15, 0.2) is 47.2 Å². The summed E-state index contributed by atoms with van der Waals surface area (Å²) >= 11 is 3.42. The second-order valence-electron chi connectivity index (χ2n) is 4.54. The van der Waals surface area contributed by atoms with Crippen molar-refractivity contribution in [3.8, 4) is 0 Å². The van der Waals surface area contributed by atoms with Crippen molar-refractivity contribution < 1.29 is 4.39 Å². The Morgan fingerprint density at radius 3 is 2.68 bits per heavy atom. The lowest BCUT2D eigenvalue weighted by Crippen LogP contribution is -2.30. The van der Waals surface area contributed by atoms with Gasteiger partial charge in [-0.3, -0.25) is 4.98 Å². The molecule has 0 aliphatic rings. The zero-order valence-corrected chi connectivity index (χ0v) is 12.3. The van der Waals surface area contributed by atoms with Crippen molar-refractivity contribution in [3.05, 3.63) is 64.1 Å². The SMILES string of the molecule is CNC(Cc1cccc(F)c1)Cc1cncc(Br)c1. The second-order valence-corrected chi connectivity index (χ2v) is 5.45. The topological polar surface area (TPSA) is 24.9 Å². The van der Waals surface area contributed by atoms with Crippen LogP contribution in [0.4, 0.5) is 4.39 Å². The number of likely N-dealkylation sites (N-methyl/N-ethyl adjacent to an activating group) is 1. The molecule has 0 spiro atoms. The zero-order chi connectivity index (χ0) is 13.7. The molecule has 0 aliphatic carbocycles. The van der Waals surface area contributed by atoms with Gasteiger partial charge in [-0.15, -0.1) is 0 Å². The molecule has 2 nitrogen and oxygen atoms in total. The number of benzene rings is 1. The van der Waals surface area contributed by atoms with E-state index in [4.69, 9.17) is 0 Å². The molecule has 100 valence electrons. The first-order valence-electron chi connectivity index (χ1n) is 6.18. The number of nitrogens with one attached hydrogen (secondary N) is 1. The highest BCUT2D eigenvalue weighted by atomic mass is 79.9. The van der Waals surface area contributed by atoms with E-state index in [2.05, 4.69) is 32.3 Å². The summed E-state index contributed by atoms with van der Waals surface area (Å²) in [5.41, 5.74) is 2.16. The van der Waals surface area contributed by atoms with Gasteiger partial charge in [-0.05, 0) is 65.1 Å². The van der Waals surface area contributed by atoms with Crippen molar-refractivity contribution in [2.45, 2.75) is 18.9 Å². The van der Waals surface area contributed by atoms with Gasteiger partial charge < -0.3 is 5.32 Å². The van der Waals surface area contributed by atoms with Crippen LogP contribution in [0, 0.1) is 5.82 Å². The van der Waals surface area contributed by atoms with E-state index in [1.807, 2.05) is 19.3 Å². The normalized spacial score (nSPS) is 12.4. The summed E-state index contributed by atoms with van der Waals surface area (Å²) in [6.07, 6.45) is 5.28. The van der Waals surface area contributed by atoms with Crippen LogP contribution in [-0.4, -0.2) is 18.1 Å². The zero-order valence-electron chi connectivity index (χ0n) is 10.7. The number of rotatable bonds is 5. The molecule has 1 aromatic carbocycles. The summed E-state index contributed by atoms with van der Waals surface area (Å²) in [7, 11) is 1.93. The molecule has 0 bridgehead atoms. The van der Waals surface area contributed by atoms with Gasteiger partial charge >= 0.3 is 0 Å². The van der Waals surface area contributed by atoms with Crippen LogP contribution < -0.4 is 5.32 Å². The average Bonchev–Trinajstić information content (AvgIpc) is 2.38. The van der Waals surface area contributed by atoms with Gasteiger partial charge in [0.05, 0.1) is 0 Å². The molecule has 1 heterocycles. The van der Waals surface area contributed by atoms with E-state index in [9.17, 15) is 4.39 Å². The molecule has 0 saturated heterocycles. The highest BCUT2D eigenvalue weighted by Crippen LogP contribution is 2.13. The molecule has 1 aromatic heterocycles. The minimum absolute atomic E-state index is 0.184. The first-order chi connectivity index (χ1) is 9.17. The van der Waals surface area contributed by atoms with E-state index in [1.54, 1.807) is 18.3 Å². The number of aromatic nitrogens is 1. The maximum absolute atomic E-state index is 13.2. The maximum atomic E-state index is 13.2. The van der Waals surface area contributed by atoms with Crippen LogP contribution in [0.5, 0.6) is 0 Å². The van der Waals surface area contributed by atoms with Crippen molar-refractivity contribution in [1.82, 2.24) is 10.3 Å². The summed E-state index contributed by atoms with van der Waals surface area (Å²) in [5, 5.41) is 3.27. The lowest BCUT2D eigenvalue weighted by molar-refractivity contribution is 0.552. The van der Waals surface area contributed by atoms with E-state index < -0.39 is 0 Å². The number of hydrogen-bond donors (Lipinski definition) is 1. The summed E-state index contributed by atoms with van der Waals surface area (Å²) in [6, 6.07) is 9.07. The average molecular weight is 323 g/mol. The predicted molar refractivity (Wildman–Crippen MR) is 78.6 cm³/mol. The summed E-state index contributed by atoms with van der Waals surface area (Å²) in [4.78, 5) is 4.16. The largest absolute Gasteiger partial charge is 0.316 e. The predicted octanol–water partition coefficient (Wildman–Crippen LogP) is 3.36. The molecule has 19 heavy (non-hydrogen) atoms. The molecule has 0 saturated carbocycles. The van der Waals surface area contributed by atoms with Crippen LogP contribution >= 0.6 is 15.9 Å². The number of pyridine rings is 1. The fourth-order valence-corrected chi connectivity index (χ4v) is 2.49. The van der Waals surface area contributed by atoms with Crippen LogP contribution in [0.1, 0.15) is 11.1 Å². The minimum Gasteiger partial charge on any atom is -0.316 e. The summed E-state index contributed by atoms with van der Waals surface area (Å²) in [5.74, 6) is -0.184. The fourth-order valence-electron chi connectivity index (χ4n) is 2.08. The third kappa shape index (κ3) is 4.40. The van der Waals surface area contributed by atoms with Crippen molar-refractivity contribution in [2.24, 2.45) is 0 Å². The highest BCUT2D eigenvalue weighted by molar-refractivity contribution is 9.10. The van der Waals surface area contributed by atoms with Gasteiger partial charge in [-0.2, -0.15) is 0 Å². The van der Waals surface area contributed by atoms with Crippen molar-refractivity contribution in [2.75, 3.05) is 7.05 Å². The van der Waals surface area contributed by atoms with E-state index in [1.165, 1.54) is 6.07 Å². The fraction of sp³-hybridized carbons (Fsp3) is 0.267. The van der Waals surface area contributed by atoms with E-state index in [0.29, 0.717) is 0 Å². The third-order valence-electron chi connectivity index (χ3n) is 3.02. The lowest BCUT2D eigenvalue weighted by Gasteiger charge is -2.16. The number of halogens is 2. The third-order valence-corrected chi connectivity index (χ3v) is 3.46. The molecule has 1 N–H and O–H groups in total. The molecule has 2 aromatic rings. The van der Waals surface area contributed by atoms with Gasteiger partial charge in [-0.1, -0.05) is 12.1 Å². The Bertz CT molecular complexity index is 498. The molecular formula is C15H16BrFN2. The molecule has 1 atom stereocenters. The summed E-state index contributed by atoms with van der Waals surface area (Å²) < 4.78 is 14.1.